The predicted molar refractivity (Wildman–Crippen MR) is 228 cm³/mol. The minimum absolute atomic E-state index is 0.227. The first-order valence-electron chi connectivity index (χ1n) is 21.4. The Morgan fingerprint density at radius 3 is 2.45 bits per heavy atom. The lowest BCUT2D eigenvalue weighted by atomic mass is 9.71. The van der Waals surface area contributed by atoms with E-state index in [0.29, 0.717) is 47.4 Å². The van der Waals surface area contributed by atoms with E-state index in [1.54, 1.807) is 48.9 Å². The number of imide groups is 1. The summed E-state index contributed by atoms with van der Waals surface area (Å²) >= 11 is 0. The van der Waals surface area contributed by atoms with Gasteiger partial charge in [0.05, 0.1) is 53.2 Å². The van der Waals surface area contributed by atoms with Gasteiger partial charge in [-0.05, 0) is 112 Å². The molecule has 4 fully saturated rings. The van der Waals surface area contributed by atoms with Crippen LogP contribution in [0.5, 0.6) is 5.75 Å². The monoisotopic (exact) mass is 817 g/mol. The molecule has 2 N–H and O–H groups in total. The number of pyridine rings is 1. The second-order valence-electron chi connectivity index (χ2n) is 17.5. The van der Waals surface area contributed by atoms with Gasteiger partial charge in [-0.25, -0.2) is 4.79 Å². The number of benzene rings is 2. The van der Waals surface area contributed by atoms with Crippen LogP contribution in [0.25, 0.3) is 21.9 Å². The van der Waals surface area contributed by atoms with E-state index in [-0.39, 0.29) is 23.9 Å². The summed E-state index contributed by atoms with van der Waals surface area (Å²) in [6.45, 7) is 5.69. The fourth-order valence-corrected chi connectivity index (χ4v) is 10.4. The van der Waals surface area contributed by atoms with Crippen LogP contribution < -0.4 is 26.0 Å². The Hall–Kier alpha value is -5.54. The second kappa shape index (κ2) is 16.5. The van der Waals surface area contributed by atoms with Crippen LogP contribution in [0.15, 0.2) is 59.8 Å². The van der Waals surface area contributed by atoms with Crippen molar-refractivity contribution < 1.29 is 23.9 Å². The zero-order valence-electron chi connectivity index (χ0n) is 34.8. The molecule has 1 saturated carbocycles. The summed E-state index contributed by atoms with van der Waals surface area (Å²) in [5.41, 5.74) is 5.47. The quantitative estimate of drug-likeness (QED) is 0.171. The molecule has 3 aliphatic heterocycles. The number of methoxy groups -OCH3 is 2. The smallest absolute Gasteiger partial charge is 0.329 e. The Morgan fingerprint density at radius 2 is 1.72 bits per heavy atom. The molecule has 2 aromatic carbocycles. The lowest BCUT2D eigenvalue weighted by molar-refractivity contribution is -0.135. The molecule has 15 nitrogen and oxygen atoms in total. The van der Waals surface area contributed by atoms with Crippen LogP contribution in [0.3, 0.4) is 0 Å². The zero-order chi connectivity index (χ0) is 41.5. The van der Waals surface area contributed by atoms with Crippen LogP contribution in [0.4, 0.5) is 11.4 Å². The Kier molecular flexibility index (Phi) is 11.0. The number of amides is 3. The van der Waals surface area contributed by atoms with Crippen molar-refractivity contribution in [2.24, 2.45) is 18.4 Å². The molecule has 60 heavy (non-hydrogen) atoms. The number of ether oxygens (including phenoxy) is 2. The summed E-state index contributed by atoms with van der Waals surface area (Å²) in [5.74, 6) is 0.282. The molecule has 0 bridgehead atoms. The molecule has 1 spiro atoms. The molecule has 3 amide bonds. The molecule has 316 valence electrons. The van der Waals surface area contributed by atoms with E-state index in [1.165, 1.54) is 25.7 Å². The van der Waals surface area contributed by atoms with Crippen molar-refractivity contribution >= 4 is 51.0 Å². The van der Waals surface area contributed by atoms with Crippen molar-refractivity contribution in [1.82, 2.24) is 34.1 Å². The summed E-state index contributed by atoms with van der Waals surface area (Å²) in [6.07, 6.45) is 15.1. The van der Waals surface area contributed by atoms with Gasteiger partial charge in [0.1, 0.15) is 11.8 Å². The number of carbonyl (C=O) groups excluding carboxylic acids is 3. The van der Waals surface area contributed by atoms with Crippen molar-refractivity contribution in [3.63, 3.8) is 0 Å². The summed E-state index contributed by atoms with van der Waals surface area (Å²) < 4.78 is 16.2. The number of rotatable bonds is 10. The molecule has 3 aromatic heterocycles. The van der Waals surface area contributed by atoms with E-state index < -0.39 is 11.9 Å². The van der Waals surface area contributed by atoms with E-state index in [4.69, 9.17) is 14.6 Å². The second-order valence-corrected chi connectivity index (χ2v) is 17.5. The van der Waals surface area contributed by atoms with E-state index in [9.17, 15) is 19.2 Å². The first-order chi connectivity index (χ1) is 29.1. The van der Waals surface area contributed by atoms with E-state index in [0.717, 1.165) is 91.6 Å². The van der Waals surface area contributed by atoms with Gasteiger partial charge in [-0.15, -0.1) is 0 Å². The molecule has 1 atom stereocenters. The Bertz CT molecular complexity index is 2480. The average molecular weight is 818 g/mol. The molecule has 6 heterocycles. The van der Waals surface area contributed by atoms with Crippen LogP contribution >= 0.6 is 0 Å². The van der Waals surface area contributed by atoms with Gasteiger partial charge >= 0.3 is 5.69 Å². The Labute approximate surface area is 349 Å². The van der Waals surface area contributed by atoms with Gasteiger partial charge < -0.3 is 24.6 Å². The number of imidazole rings is 1. The number of anilines is 2. The molecular weight excluding hydrogens is 763 g/mol. The SMILES string of the molecule is COCc1cncc(C(=O)Nc2cc3cn(C4CCC(CN5CCC6(CC5)CCN(c5cccc7c5n(C)c(=O)n7C5CCC(=O)NC5=O)CC6)CC4)nc3cc2OC)c1. The number of piperidine rings is 3. The molecule has 4 aliphatic rings. The van der Waals surface area contributed by atoms with Crippen molar-refractivity contribution in [3.05, 3.63) is 76.6 Å². The minimum atomic E-state index is -0.687. The highest BCUT2D eigenvalue weighted by molar-refractivity contribution is 6.06. The van der Waals surface area contributed by atoms with Gasteiger partial charge in [0, 0.05) is 70.3 Å². The van der Waals surface area contributed by atoms with Gasteiger partial charge in [-0.3, -0.25) is 38.5 Å². The van der Waals surface area contributed by atoms with E-state index in [1.807, 2.05) is 24.3 Å². The number of aromatic nitrogens is 5. The zero-order valence-corrected chi connectivity index (χ0v) is 34.8. The maximum absolute atomic E-state index is 13.5. The number of likely N-dealkylation sites (tertiary alicyclic amines) is 1. The van der Waals surface area contributed by atoms with Gasteiger partial charge in [-0.1, -0.05) is 6.07 Å². The van der Waals surface area contributed by atoms with Gasteiger partial charge in [-0.2, -0.15) is 5.10 Å². The maximum atomic E-state index is 13.5. The van der Waals surface area contributed by atoms with E-state index in [2.05, 4.69) is 42.4 Å². The van der Waals surface area contributed by atoms with Crippen LogP contribution in [-0.2, 0) is 28.0 Å². The van der Waals surface area contributed by atoms with Crippen molar-refractivity contribution in [3.8, 4) is 5.75 Å². The van der Waals surface area contributed by atoms with Crippen LogP contribution in [0.1, 0.15) is 92.2 Å². The molecule has 5 aromatic rings. The highest BCUT2D eigenvalue weighted by Gasteiger charge is 2.39. The number of carbonyl (C=O) groups is 3. The third kappa shape index (κ3) is 7.68. The molecule has 0 radical (unpaired) electrons. The molecule has 1 unspecified atom stereocenters. The molecule has 15 heteroatoms. The topological polar surface area (TPSA) is 158 Å². The Balaban J connectivity index is 0.773. The van der Waals surface area contributed by atoms with Crippen molar-refractivity contribution in [2.45, 2.75) is 82.9 Å². The molecular formula is C45H55N9O6. The highest BCUT2D eigenvalue weighted by Crippen LogP contribution is 2.44. The summed E-state index contributed by atoms with van der Waals surface area (Å²) in [7, 11) is 5.00. The lowest BCUT2D eigenvalue weighted by Gasteiger charge is -2.48. The predicted octanol–water partition coefficient (Wildman–Crippen LogP) is 5.58. The fourth-order valence-electron chi connectivity index (χ4n) is 10.4. The van der Waals surface area contributed by atoms with Crippen LogP contribution in [-0.4, -0.2) is 93.5 Å². The van der Waals surface area contributed by atoms with Crippen LogP contribution in [0, 0.1) is 11.3 Å². The van der Waals surface area contributed by atoms with Crippen LogP contribution in [0.2, 0.25) is 0 Å². The minimum Gasteiger partial charge on any atom is -0.494 e. The third-order valence-electron chi connectivity index (χ3n) is 13.9. The summed E-state index contributed by atoms with van der Waals surface area (Å²) in [6, 6.07) is 11.3. The van der Waals surface area contributed by atoms with Gasteiger partial charge in [0.2, 0.25) is 11.8 Å². The third-order valence-corrected chi connectivity index (χ3v) is 13.9. The number of nitrogens with zero attached hydrogens (tertiary/aromatic N) is 7. The number of para-hydroxylation sites is 1. The molecule has 3 saturated heterocycles. The number of hydrogen-bond donors (Lipinski definition) is 2. The molecule has 1 aliphatic carbocycles. The fraction of sp³-hybridized carbons (Fsp3) is 0.511. The normalized spacial score (nSPS) is 22.4. The largest absolute Gasteiger partial charge is 0.494 e. The number of nitrogens with one attached hydrogen (secondary N) is 2. The first-order valence-corrected chi connectivity index (χ1v) is 21.4. The average Bonchev–Trinajstić information content (AvgIpc) is 3.79. The standard InChI is InChI=1S/C45H55N9O6/c1-50-41-36(5-4-6-37(41)54(44(50)58)38-11-12-40(55)48-43(38)57)52-19-15-45(16-20-52)13-17-51(18-14-45)26-29-7-9-33(10-8-29)53-27-32-22-35(39(60-3)23-34(32)49-53)47-42(56)31-21-30(28-59-2)24-46-25-31/h4-6,21-25,27,29,33,38H,7-20,26,28H2,1-3H3,(H,47,56)(H,48,55,57). The van der Waals surface area contributed by atoms with Gasteiger partial charge in [0.25, 0.3) is 5.91 Å². The number of fused-ring (bicyclic) bond motifs is 2. The highest BCUT2D eigenvalue weighted by atomic mass is 16.5. The maximum Gasteiger partial charge on any atom is 0.329 e. The summed E-state index contributed by atoms with van der Waals surface area (Å²) in [4.78, 5) is 60.5. The number of hydrogen-bond acceptors (Lipinski definition) is 10. The first kappa shape index (κ1) is 39.9. The van der Waals surface area contributed by atoms with E-state index >= 15 is 0 Å². The molecule has 9 rings (SSSR count). The lowest BCUT2D eigenvalue weighted by Crippen LogP contribution is -2.48. The summed E-state index contributed by atoms with van der Waals surface area (Å²) in [5, 5.41) is 11.3. The van der Waals surface area contributed by atoms with Crippen molar-refractivity contribution in [1.29, 1.82) is 0 Å². The van der Waals surface area contributed by atoms with Gasteiger partial charge in [0.15, 0.2) is 0 Å². The Morgan fingerprint density at radius 1 is 0.950 bits per heavy atom. The number of aryl methyl sites for hydroxylation is 1. The van der Waals surface area contributed by atoms with Crippen molar-refractivity contribution in [2.75, 3.05) is 57.2 Å².